The highest BCUT2D eigenvalue weighted by molar-refractivity contribution is 5.36. The van der Waals surface area contributed by atoms with Gasteiger partial charge in [0, 0.05) is 12.0 Å². The average molecular weight is 410 g/mol. The molecule has 2 aliphatic rings. The predicted molar refractivity (Wildman–Crippen MR) is 131 cm³/mol. The summed E-state index contributed by atoms with van der Waals surface area (Å²) in [4.78, 5) is 0. The van der Waals surface area contributed by atoms with Crippen LogP contribution in [-0.4, -0.2) is 12.6 Å². The molecule has 0 bridgehead atoms. The van der Waals surface area contributed by atoms with Crippen molar-refractivity contribution < 1.29 is 4.74 Å². The van der Waals surface area contributed by atoms with E-state index < -0.39 is 0 Å². The minimum atomic E-state index is 0. The maximum absolute atomic E-state index is 5.82. The quantitative estimate of drug-likeness (QED) is 0.582. The molecular weight excluding hydrogens is 366 g/mol. The van der Waals surface area contributed by atoms with Gasteiger partial charge in [0.05, 0.1) is 6.10 Å². The van der Waals surface area contributed by atoms with Crippen molar-refractivity contribution in [3.8, 4) is 5.75 Å². The summed E-state index contributed by atoms with van der Waals surface area (Å²) >= 11 is 0. The van der Waals surface area contributed by atoms with Crippen LogP contribution in [-0.2, 0) is 16.2 Å². The van der Waals surface area contributed by atoms with Crippen LogP contribution in [0.5, 0.6) is 5.75 Å². The van der Waals surface area contributed by atoms with Gasteiger partial charge in [0.2, 0.25) is 0 Å². The normalized spacial score (nSPS) is 17.3. The lowest BCUT2D eigenvalue weighted by molar-refractivity contribution is 0.303. The second-order valence-corrected chi connectivity index (χ2v) is 10.9. The molecule has 2 heteroatoms. The van der Waals surface area contributed by atoms with Crippen molar-refractivity contribution in [2.24, 2.45) is 5.73 Å². The van der Waals surface area contributed by atoms with Gasteiger partial charge in [0.15, 0.2) is 0 Å². The van der Waals surface area contributed by atoms with Crippen molar-refractivity contribution in [3.63, 3.8) is 0 Å². The van der Waals surface area contributed by atoms with Gasteiger partial charge in [-0.3, -0.25) is 0 Å². The summed E-state index contributed by atoms with van der Waals surface area (Å²) in [6.07, 6.45) is 5.47. The molecule has 0 amide bonds. The predicted octanol–water partition coefficient (Wildman–Crippen LogP) is 7.14. The van der Waals surface area contributed by atoms with Gasteiger partial charge in [0.1, 0.15) is 5.75 Å². The third-order valence-corrected chi connectivity index (χ3v) is 6.16. The zero-order chi connectivity index (χ0) is 21.3. The monoisotopic (exact) mass is 409 g/mol. The molecule has 0 unspecified atom stereocenters. The van der Waals surface area contributed by atoms with Crippen LogP contribution < -0.4 is 10.5 Å². The lowest BCUT2D eigenvalue weighted by Gasteiger charge is -2.20. The van der Waals surface area contributed by atoms with E-state index in [2.05, 4.69) is 90.1 Å². The molecule has 2 aliphatic carbocycles. The molecule has 0 heterocycles. The van der Waals surface area contributed by atoms with Gasteiger partial charge >= 0.3 is 0 Å². The fourth-order valence-electron chi connectivity index (χ4n) is 3.50. The molecule has 0 saturated heterocycles. The van der Waals surface area contributed by atoms with Crippen LogP contribution in [0.15, 0.2) is 48.5 Å². The van der Waals surface area contributed by atoms with Crippen molar-refractivity contribution in [2.45, 2.75) is 97.0 Å². The number of benzene rings is 2. The fraction of sp³-hybridized carbons (Fsp3) is 0.571. The minimum Gasteiger partial charge on any atom is -0.490 e. The summed E-state index contributed by atoms with van der Waals surface area (Å²) in [5.74, 6) is 1.01. The Balaban J connectivity index is 0.000000207. The maximum Gasteiger partial charge on any atom is 0.119 e. The van der Waals surface area contributed by atoms with Crippen molar-refractivity contribution >= 4 is 0 Å². The van der Waals surface area contributed by atoms with Crippen LogP contribution in [0.4, 0.5) is 0 Å². The van der Waals surface area contributed by atoms with E-state index in [0.717, 1.165) is 12.3 Å². The fourth-order valence-corrected chi connectivity index (χ4v) is 3.50. The number of nitrogens with two attached hydrogens (primary N) is 1. The van der Waals surface area contributed by atoms with E-state index >= 15 is 0 Å². The number of hydrogen-bond donors (Lipinski definition) is 1. The Bertz CT molecular complexity index is 783. The molecule has 2 fully saturated rings. The smallest absolute Gasteiger partial charge is 0.119 e. The molecule has 2 saturated carbocycles. The Morgan fingerprint density at radius 1 is 0.800 bits per heavy atom. The van der Waals surface area contributed by atoms with Crippen molar-refractivity contribution in [3.05, 3.63) is 65.2 Å². The molecule has 0 spiro atoms. The second kappa shape index (κ2) is 9.14. The summed E-state index contributed by atoms with van der Waals surface area (Å²) in [7, 11) is 0. The first-order valence-electron chi connectivity index (χ1n) is 11.1. The molecule has 30 heavy (non-hydrogen) atoms. The number of hydrogen-bond acceptors (Lipinski definition) is 2. The second-order valence-electron chi connectivity index (χ2n) is 10.9. The average Bonchev–Trinajstić information content (AvgIpc) is 3.57. The van der Waals surface area contributed by atoms with Gasteiger partial charge in [-0.1, -0.05) is 85.4 Å². The summed E-state index contributed by atoms with van der Waals surface area (Å²) in [6, 6.07) is 17.5. The van der Waals surface area contributed by atoms with E-state index in [4.69, 9.17) is 10.5 Å². The van der Waals surface area contributed by atoms with Crippen LogP contribution >= 0.6 is 0 Å². The van der Waals surface area contributed by atoms with Crippen LogP contribution in [0.2, 0.25) is 0 Å². The molecule has 2 aromatic rings. The standard InChI is InChI=1S/C14H21N.C13H18O.CH4/c1-13(2,3)11-4-6-12(7-5-11)14(10-15)8-9-14;1-13(2,3)10-4-6-11(7-5-10)14-12-8-9-12;/h4-7H,8-10,15H2,1-3H3;4-7,12H,8-9H2,1-3H3;1H4. The van der Waals surface area contributed by atoms with E-state index in [-0.39, 0.29) is 18.3 Å². The number of ether oxygens (including phenoxy) is 1. The van der Waals surface area contributed by atoms with E-state index in [9.17, 15) is 0 Å². The van der Waals surface area contributed by atoms with Crippen molar-refractivity contribution in [1.82, 2.24) is 0 Å². The van der Waals surface area contributed by atoms with Crippen molar-refractivity contribution in [2.75, 3.05) is 6.54 Å². The first kappa shape index (κ1) is 24.5. The molecular formula is C28H43NO. The lowest BCUT2D eigenvalue weighted by atomic mass is 9.85. The third kappa shape index (κ3) is 6.35. The van der Waals surface area contributed by atoms with E-state index in [1.54, 1.807) is 0 Å². The molecule has 2 N–H and O–H groups in total. The summed E-state index contributed by atoms with van der Waals surface area (Å²) in [5, 5.41) is 0. The Labute approximate surface area is 185 Å². The van der Waals surface area contributed by atoms with Crippen LogP contribution in [0.3, 0.4) is 0 Å². The molecule has 2 aromatic carbocycles. The third-order valence-electron chi connectivity index (χ3n) is 6.16. The van der Waals surface area contributed by atoms with E-state index in [1.165, 1.54) is 42.4 Å². The summed E-state index contributed by atoms with van der Waals surface area (Å²) < 4.78 is 5.69. The highest BCUT2D eigenvalue weighted by atomic mass is 16.5. The Morgan fingerprint density at radius 3 is 1.57 bits per heavy atom. The van der Waals surface area contributed by atoms with Gasteiger partial charge in [-0.25, -0.2) is 0 Å². The van der Waals surface area contributed by atoms with Crippen LogP contribution in [0.25, 0.3) is 0 Å². The molecule has 0 aromatic heterocycles. The maximum atomic E-state index is 5.82. The van der Waals surface area contributed by atoms with Gasteiger partial charge in [-0.05, 0) is 65.3 Å². The van der Waals surface area contributed by atoms with Gasteiger partial charge in [-0.2, -0.15) is 0 Å². The Morgan fingerprint density at radius 2 is 1.23 bits per heavy atom. The van der Waals surface area contributed by atoms with E-state index in [0.29, 0.717) is 11.5 Å². The van der Waals surface area contributed by atoms with Crippen LogP contribution in [0.1, 0.15) is 91.3 Å². The molecule has 166 valence electrons. The SMILES string of the molecule is C.CC(C)(C)c1ccc(C2(CN)CC2)cc1.CC(C)(C)c1ccc(OC2CC2)cc1. The molecule has 4 rings (SSSR count). The van der Waals surface area contributed by atoms with Gasteiger partial charge in [0.25, 0.3) is 0 Å². The summed E-state index contributed by atoms with van der Waals surface area (Å²) in [5.41, 5.74) is 10.8. The van der Waals surface area contributed by atoms with Crippen LogP contribution in [0, 0.1) is 0 Å². The van der Waals surface area contributed by atoms with E-state index in [1.807, 2.05) is 0 Å². The highest BCUT2D eigenvalue weighted by Crippen LogP contribution is 2.47. The highest BCUT2D eigenvalue weighted by Gasteiger charge is 2.42. The Kier molecular flexibility index (Phi) is 7.45. The number of rotatable bonds is 4. The first-order valence-corrected chi connectivity index (χ1v) is 11.1. The minimum absolute atomic E-state index is 0. The zero-order valence-corrected chi connectivity index (χ0v) is 19.2. The Hall–Kier alpha value is -1.80. The summed E-state index contributed by atoms with van der Waals surface area (Å²) in [6.45, 7) is 14.2. The van der Waals surface area contributed by atoms with Gasteiger partial charge < -0.3 is 10.5 Å². The molecule has 2 nitrogen and oxygen atoms in total. The van der Waals surface area contributed by atoms with Gasteiger partial charge in [-0.15, -0.1) is 0 Å². The zero-order valence-electron chi connectivity index (χ0n) is 19.2. The first-order chi connectivity index (χ1) is 13.5. The lowest BCUT2D eigenvalue weighted by Crippen LogP contribution is -2.20. The topological polar surface area (TPSA) is 35.2 Å². The molecule has 0 radical (unpaired) electrons. The molecule has 0 aliphatic heterocycles. The largest absolute Gasteiger partial charge is 0.490 e. The van der Waals surface area contributed by atoms with Crippen molar-refractivity contribution in [1.29, 1.82) is 0 Å². The molecule has 0 atom stereocenters.